The molecule has 3 aromatic rings. The molecule has 1 saturated heterocycles. The molecule has 0 saturated carbocycles. The van der Waals surface area contributed by atoms with Crippen molar-refractivity contribution in [3.05, 3.63) is 88.3 Å². The van der Waals surface area contributed by atoms with Crippen LogP contribution in [0.3, 0.4) is 0 Å². The highest BCUT2D eigenvalue weighted by atomic mass is 32.2. The van der Waals surface area contributed by atoms with Crippen LogP contribution in [0.5, 0.6) is 11.5 Å². The summed E-state index contributed by atoms with van der Waals surface area (Å²) in [7, 11) is 0. The van der Waals surface area contributed by atoms with Gasteiger partial charge in [0.25, 0.3) is 5.91 Å². The van der Waals surface area contributed by atoms with Gasteiger partial charge in [-0.05, 0) is 87.5 Å². The average Bonchev–Trinajstić information content (AvgIpc) is 3.20. The van der Waals surface area contributed by atoms with Gasteiger partial charge in [0.1, 0.15) is 0 Å². The van der Waals surface area contributed by atoms with Crippen LogP contribution in [-0.2, 0) is 14.3 Å². The van der Waals surface area contributed by atoms with E-state index < -0.39 is 5.97 Å². The van der Waals surface area contributed by atoms with E-state index in [0.717, 1.165) is 28.1 Å². The Morgan fingerprint density at radius 1 is 0.895 bits per heavy atom. The molecule has 0 bridgehead atoms. The van der Waals surface area contributed by atoms with Gasteiger partial charge in [0.15, 0.2) is 23.3 Å². The molecule has 0 N–H and O–H groups in total. The number of aliphatic imine (C=N–C) groups is 1. The van der Waals surface area contributed by atoms with Crippen LogP contribution in [0.2, 0.25) is 0 Å². The number of thioether (sulfide) groups is 1. The van der Waals surface area contributed by atoms with Crippen LogP contribution in [0.15, 0.2) is 76.6 Å². The number of anilines is 1. The maximum Gasteiger partial charge on any atom is 0.344 e. The molecule has 0 radical (unpaired) electrons. The van der Waals surface area contributed by atoms with Crippen molar-refractivity contribution in [3.63, 3.8) is 0 Å². The molecule has 1 aliphatic rings. The van der Waals surface area contributed by atoms with Crippen LogP contribution < -0.4 is 14.4 Å². The zero-order chi connectivity index (χ0) is 27.1. The Bertz CT molecular complexity index is 1360. The first-order valence-corrected chi connectivity index (χ1v) is 13.2. The normalized spacial score (nSPS) is 15.3. The molecule has 1 aliphatic heterocycles. The van der Waals surface area contributed by atoms with Gasteiger partial charge in [0.05, 0.1) is 29.5 Å². The van der Waals surface area contributed by atoms with E-state index in [1.165, 1.54) is 11.8 Å². The number of nitrogens with zero attached hydrogens (tertiary/aromatic N) is 2. The van der Waals surface area contributed by atoms with Crippen molar-refractivity contribution >= 4 is 46.3 Å². The largest absolute Gasteiger partial charge is 0.490 e. The molecule has 0 spiro atoms. The summed E-state index contributed by atoms with van der Waals surface area (Å²) in [5, 5.41) is 0.577. The number of ether oxygens (including phenoxy) is 3. The second-order valence-corrected chi connectivity index (χ2v) is 9.56. The summed E-state index contributed by atoms with van der Waals surface area (Å²) in [5.74, 6) is 0.289. The maximum atomic E-state index is 13.6. The minimum Gasteiger partial charge on any atom is -0.490 e. The minimum absolute atomic E-state index is 0.162. The van der Waals surface area contributed by atoms with Crippen molar-refractivity contribution in [2.45, 2.75) is 27.7 Å². The van der Waals surface area contributed by atoms with Crippen LogP contribution in [0, 0.1) is 13.8 Å². The van der Waals surface area contributed by atoms with Crippen LogP contribution >= 0.6 is 11.8 Å². The highest BCUT2D eigenvalue weighted by Crippen LogP contribution is 2.38. The Morgan fingerprint density at radius 3 is 2.24 bits per heavy atom. The molecule has 7 nitrogen and oxygen atoms in total. The van der Waals surface area contributed by atoms with Crippen LogP contribution in [0.25, 0.3) is 6.08 Å². The van der Waals surface area contributed by atoms with E-state index >= 15 is 0 Å². The number of hydrogen-bond donors (Lipinski definition) is 0. The number of carbonyl (C=O) groups is 2. The lowest BCUT2D eigenvalue weighted by Gasteiger charge is -2.16. The molecule has 196 valence electrons. The predicted molar refractivity (Wildman–Crippen MR) is 152 cm³/mol. The Labute approximate surface area is 227 Å². The lowest BCUT2D eigenvalue weighted by molar-refractivity contribution is -0.145. The Hall–Kier alpha value is -4.04. The quantitative estimate of drug-likeness (QED) is 0.234. The average molecular weight is 531 g/mol. The number of aryl methyl sites for hydroxylation is 2. The fourth-order valence-electron chi connectivity index (χ4n) is 3.69. The standard InChI is InChI=1S/C30H30N2O5S/c1-5-35-26-17-22(11-16-25(26)37-19-28(33)36-6-2)18-27-29(34)32(24-14-9-21(4)10-15-24)30(38-27)31-23-12-7-20(3)8-13-23/h7-18H,5-6,19H2,1-4H3/b27-18+,31-30?. The Morgan fingerprint density at radius 2 is 1.58 bits per heavy atom. The lowest BCUT2D eigenvalue weighted by atomic mass is 10.1. The van der Waals surface area contributed by atoms with Gasteiger partial charge in [-0.1, -0.05) is 41.5 Å². The number of carbonyl (C=O) groups excluding carboxylic acids is 2. The van der Waals surface area contributed by atoms with Crippen LogP contribution in [0.4, 0.5) is 11.4 Å². The molecular formula is C30H30N2O5S. The zero-order valence-corrected chi connectivity index (χ0v) is 22.7. The first kappa shape index (κ1) is 27.0. The van der Waals surface area contributed by atoms with E-state index in [1.54, 1.807) is 24.0 Å². The van der Waals surface area contributed by atoms with Gasteiger partial charge in [-0.3, -0.25) is 9.69 Å². The number of amidine groups is 1. The summed E-state index contributed by atoms with van der Waals surface area (Å²) in [4.78, 5) is 32.3. The number of hydrogen-bond acceptors (Lipinski definition) is 7. The van der Waals surface area contributed by atoms with Crippen molar-refractivity contribution in [1.29, 1.82) is 0 Å². The van der Waals surface area contributed by atoms with E-state index in [2.05, 4.69) is 0 Å². The van der Waals surface area contributed by atoms with Crippen molar-refractivity contribution in [3.8, 4) is 11.5 Å². The van der Waals surface area contributed by atoms with E-state index in [0.29, 0.717) is 28.2 Å². The van der Waals surface area contributed by atoms with Gasteiger partial charge >= 0.3 is 5.97 Å². The molecule has 0 aromatic heterocycles. The first-order chi connectivity index (χ1) is 18.4. The fourth-order valence-corrected chi connectivity index (χ4v) is 4.69. The number of esters is 1. The SMILES string of the molecule is CCOC(=O)COc1ccc(/C=C2/SC(=Nc3ccc(C)cc3)N(c3ccc(C)cc3)C2=O)cc1OCC. The van der Waals surface area contributed by atoms with Gasteiger partial charge in [0.2, 0.25) is 0 Å². The number of benzene rings is 3. The summed E-state index contributed by atoms with van der Waals surface area (Å²) in [6, 6.07) is 21.0. The van der Waals surface area contributed by atoms with E-state index in [9.17, 15) is 9.59 Å². The summed E-state index contributed by atoms with van der Waals surface area (Å²) < 4.78 is 16.3. The summed E-state index contributed by atoms with van der Waals surface area (Å²) >= 11 is 1.32. The summed E-state index contributed by atoms with van der Waals surface area (Å²) in [6.45, 7) is 8.12. The van der Waals surface area contributed by atoms with Gasteiger partial charge in [-0.2, -0.15) is 0 Å². The van der Waals surface area contributed by atoms with E-state index in [4.69, 9.17) is 19.2 Å². The third-order valence-corrected chi connectivity index (χ3v) is 6.54. The number of amides is 1. The topological polar surface area (TPSA) is 77.4 Å². The van der Waals surface area contributed by atoms with Crippen molar-refractivity contribution < 1.29 is 23.8 Å². The van der Waals surface area contributed by atoms with Crippen LogP contribution in [-0.4, -0.2) is 36.9 Å². The zero-order valence-electron chi connectivity index (χ0n) is 21.9. The Kier molecular flexibility index (Phi) is 8.86. The van der Waals surface area contributed by atoms with Gasteiger partial charge in [0, 0.05) is 0 Å². The van der Waals surface area contributed by atoms with E-state index in [1.807, 2.05) is 81.4 Å². The lowest BCUT2D eigenvalue weighted by Crippen LogP contribution is -2.28. The third kappa shape index (κ3) is 6.63. The second-order valence-electron chi connectivity index (χ2n) is 8.55. The molecule has 0 aliphatic carbocycles. The Balaban J connectivity index is 1.66. The molecule has 0 atom stereocenters. The highest BCUT2D eigenvalue weighted by molar-refractivity contribution is 8.19. The molecule has 1 fully saturated rings. The molecule has 38 heavy (non-hydrogen) atoms. The van der Waals surface area contributed by atoms with Crippen molar-refractivity contribution in [2.24, 2.45) is 4.99 Å². The number of rotatable bonds is 9. The molecule has 8 heteroatoms. The highest BCUT2D eigenvalue weighted by Gasteiger charge is 2.34. The van der Waals surface area contributed by atoms with Crippen LogP contribution in [0.1, 0.15) is 30.5 Å². The maximum absolute atomic E-state index is 13.6. The smallest absolute Gasteiger partial charge is 0.344 e. The molecular weight excluding hydrogens is 500 g/mol. The monoisotopic (exact) mass is 530 g/mol. The van der Waals surface area contributed by atoms with Crippen molar-refractivity contribution in [1.82, 2.24) is 0 Å². The second kappa shape index (κ2) is 12.5. The third-order valence-electron chi connectivity index (χ3n) is 5.57. The van der Waals surface area contributed by atoms with Gasteiger partial charge in [-0.25, -0.2) is 9.79 Å². The molecule has 0 unspecified atom stereocenters. The van der Waals surface area contributed by atoms with E-state index in [-0.39, 0.29) is 19.1 Å². The van der Waals surface area contributed by atoms with Gasteiger partial charge < -0.3 is 14.2 Å². The predicted octanol–water partition coefficient (Wildman–Crippen LogP) is 6.45. The summed E-state index contributed by atoms with van der Waals surface area (Å²) in [5.41, 5.74) is 4.52. The first-order valence-electron chi connectivity index (χ1n) is 12.4. The molecule has 1 heterocycles. The molecule has 1 amide bonds. The molecule has 3 aromatic carbocycles. The molecule has 4 rings (SSSR count). The fraction of sp³-hybridized carbons (Fsp3) is 0.233. The van der Waals surface area contributed by atoms with Crippen molar-refractivity contribution in [2.75, 3.05) is 24.7 Å². The minimum atomic E-state index is -0.453. The summed E-state index contributed by atoms with van der Waals surface area (Å²) in [6.07, 6.45) is 1.81. The van der Waals surface area contributed by atoms with Gasteiger partial charge in [-0.15, -0.1) is 0 Å².